The van der Waals surface area contributed by atoms with Crippen molar-refractivity contribution in [2.24, 2.45) is 10.1 Å². The molecule has 168 valence electrons. The molecular weight excluding hydrogens is 547 g/mol. The zero-order valence-corrected chi connectivity index (χ0v) is 21.6. The Morgan fingerprint density at radius 3 is 2.55 bits per heavy atom. The number of guanidine groups is 1. The molecule has 0 spiro atoms. The van der Waals surface area contributed by atoms with Crippen LogP contribution in [-0.2, 0) is 23.1 Å². The molecule has 0 saturated carbocycles. The summed E-state index contributed by atoms with van der Waals surface area (Å²) in [4.78, 5) is 5.55. The standard InChI is InChI=1S/C20H26N6O2S2.HI/c1-4-22-20(24-13-17-9-10-19(29-17)30(21,27)28)23-12-16-7-5-6-8-18(16)26-15(3)11-14(2)25-26;/h5-11H,4,12-13H2,1-3H3,(H2,21,27,28)(H2,22,23,24);1H. The van der Waals surface area contributed by atoms with Crippen molar-refractivity contribution < 1.29 is 8.42 Å². The fourth-order valence-electron chi connectivity index (χ4n) is 3.01. The first kappa shape index (κ1) is 25.3. The number of thiophene rings is 1. The van der Waals surface area contributed by atoms with Crippen LogP contribution in [-0.4, -0.2) is 30.7 Å². The number of para-hydroxylation sites is 1. The summed E-state index contributed by atoms with van der Waals surface area (Å²) in [6.45, 7) is 7.62. The molecule has 3 rings (SSSR count). The number of nitrogens with one attached hydrogen (secondary N) is 2. The number of halogens is 1. The third kappa shape index (κ3) is 6.76. The number of nitrogens with two attached hydrogens (primary N) is 1. The van der Waals surface area contributed by atoms with E-state index in [0.29, 0.717) is 25.6 Å². The van der Waals surface area contributed by atoms with E-state index >= 15 is 0 Å². The first-order chi connectivity index (χ1) is 14.3. The summed E-state index contributed by atoms with van der Waals surface area (Å²) in [5.74, 6) is 0.645. The van der Waals surface area contributed by atoms with Gasteiger partial charge in [0.15, 0.2) is 5.96 Å². The number of primary sulfonamides is 1. The van der Waals surface area contributed by atoms with Crippen LogP contribution in [0, 0.1) is 13.8 Å². The summed E-state index contributed by atoms with van der Waals surface area (Å²) in [6, 6.07) is 13.4. The zero-order valence-electron chi connectivity index (χ0n) is 17.6. The fourth-order valence-corrected chi connectivity index (χ4v) is 4.73. The Hall–Kier alpha value is -1.96. The van der Waals surface area contributed by atoms with Crippen LogP contribution in [0.4, 0.5) is 0 Å². The van der Waals surface area contributed by atoms with Crippen LogP contribution >= 0.6 is 35.3 Å². The van der Waals surface area contributed by atoms with Crippen LogP contribution in [0.2, 0.25) is 0 Å². The van der Waals surface area contributed by atoms with E-state index in [9.17, 15) is 8.42 Å². The van der Waals surface area contributed by atoms with Crippen molar-refractivity contribution in [2.75, 3.05) is 6.54 Å². The quantitative estimate of drug-likeness (QED) is 0.228. The third-order valence-electron chi connectivity index (χ3n) is 4.33. The number of aliphatic imine (C=N–C) groups is 1. The van der Waals surface area contributed by atoms with Gasteiger partial charge in [-0.2, -0.15) is 5.10 Å². The Morgan fingerprint density at radius 2 is 1.94 bits per heavy atom. The van der Waals surface area contributed by atoms with Crippen molar-refractivity contribution in [2.45, 2.75) is 38.1 Å². The van der Waals surface area contributed by atoms with Gasteiger partial charge in [-0.1, -0.05) is 18.2 Å². The highest BCUT2D eigenvalue weighted by Crippen LogP contribution is 2.20. The second-order valence-corrected chi connectivity index (χ2v) is 9.74. The summed E-state index contributed by atoms with van der Waals surface area (Å²) in [6.07, 6.45) is 0. The molecule has 0 aliphatic carbocycles. The monoisotopic (exact) mass is 574 g/mol. The molecule has 2 aromatic heterocycles. The van der Waals surface area contributed by atoms with Crippen molar-refractivity contribution >= 4 is 51.3 Å². The largest absolute Gasteiger partial charge is 0.357 e. The van der Waals surface area contributed by atoms with E-state index in [4.69, 9.17) is 10.1 Å². The molecule has 0 unspecified atom stereocenters. The smallest absolute Gasteiger partial charge is 0.247 e. The molecule has 0 amide bonds. The highest BCUT2D eigenvalue weighted by molar-refractivity contribution is 14.0. The lowest BCUT2D eigenvalue weighted by molar-refractivity contribution is 0.600. The molecule has 8 nitrogen and oxygen atoms in total. The molecule has 31 heavy (non-hydrogen) atoms. The number of hydrogen-bond acceptors (Lipinski definition) is 5. The van der Waals surface area contributed by atoms with Gasteiger partial charge in [0.1, 0.15) is 4.21 Å². The molecular formula is C20H27IN6O2S2. The molecule has 2 heterocycles. The molecule has 1 aromatic carbocycles. The summed E-state index contributed by atoms with van der Waals surface area (Å²) >= 11 is 1.15. The molecule has 3 aromatic rings. The summed E-state index contributed by atoms with van der Waals surface area (Å²) in [7, 11) is -3.67. The molecule has 4 N–H and O–H groups in total. The van der Waals surface area contributed by atoms with E-state index in [2.05, 4.69) is 15.7 Å². The number of rotatable bonds is 7. The van der Waals surface area contributed by atoms with Crippen molar-refractivity contribution in [3.05, 3.63) is 64.3 Å². The SMILES string of the molecule is CCNC(=NCc1ccccc1-n1nc(C)cc1C)NCc1ccc(S(N)(=O)=O)s1.I. The van der Waals surface area contributed by atoms with Crippen molar-refractivity contribution in [1.82, 2.24) is 20.4 Å². The fraction of sp³-hybridized carbons (Fsp3) is 0.300. The first-order valence-electron chi connectivity index (χ1n) is 9.53. The van der Waals surface area contributed by atoms with Crippen LogP contribution < -0.4 is 15.8 Å². The predicted molar refractivity (Wildman–Crippen MR) is 136 cm³/mol. The average molecular weight is 575 g/mol. The van der Waals surface area contributed by atoms with Gasteiger partial charge in [-0.15, -0.1) is 35.3 Å². The van der Waals surface area contributed by atoms with Crippen LogP contribution in [0.1, 0.15) is 28.8 Å². The minimum atomic E-state index is -3.67. The van der Waals surface area contributed by atoms with Crippen LogP contribution in [0.3, 0.4) is 0 Å². The second-order valence-electron chi connectivity index (χ2n) is 6.78. The molecule has 0 aliphatic heterocycles. The van der Waals surface area contributed by atoms with Crippen LogP contribution in [0.15, 0.2) is 51.7 Å². The van der Waals surface area contributed by atoms with Crippen molar-refractivity contribution in [3.8, 4) is 5.69 Å². The maximum atomic E-state index is 11.4. The molecule has 0 bridgehead atoms. The number of sulfonamides is 1. The van der Waals surface area contributed by atoms with E-state index in [1.807, 2.05) is 55.8 Å². The number of benzene rings is 1. The van der Waals surface area contributed by atoms with Gasteiger partial charge in [0.05, 0.1) is 24.5 Å². The molecule has 11 heteroatoms. The van der Waals surface area contributed by atoms with Gasteiger partial charge in [0, 0.05) is 17.1 Å². The van der Waals surface area contributed by atoms with E-state index < -0.39 is 10.0 Å². The lowest BCUT2D eigenvalue weighted by atomic mass is 10.2. The van der Waals surface area contributed by atoms with Gasteiger partial charge in [-0.3, -0.25) is 0 Å². The Kier molecular flexibility index (Phi) is 9.03. The molecule has 0 fully saturated rings. The number of aryl methyl sites for hydroxylation is 2. The molecule has 0 atom stereocenters. The molecule has 0 radical (unpaired) electrons. The Bertz CT molecular complexity index is 1150. The topological polar surface area (TPSA) is 114 Å². The maximum absolute atomic E-state index is 11.4. The Morgan fingerprint density at radius 1 is 1.19 bits per heavy atom. The van der Waals surface area contributed by atoms with E-state index in [1.165, 1.54) is 6.07 Å². The summed E-state index contributed by atoms with van der Waals surface area (Å²) < 4.78 is 25.0. The number of nitrogens with zero attached hydrogens (tertiary/aromatic N) is 3. The zero-order chi connectivity index (χ0) is 21.7. The Labute approximate surface area is 204 Å². The predicted octanol–water partition coefficient (Wildman–Crippen LogP) is 3.07. The van der Waals surface area contributed by atoms with Gasteiger partial charge < -0.3 is 10.6 Å². The lowest BCUT2D eigenvalue weighted by Gasteiger charge is -2.13. The summed E-state index contributed by atoms with van der Waals surface area (Å²) in [5.41, 5.74) is 4.08. The van der Waals surface area contributed by atoms with Crippen LogP contribution in [0.25, 0.3) is 5.69 Å². The van der Waals surface area contributed by atoms with E-state index in [-0.39, 0.29) is 28.2 Å². The Balaban J connectivity index is 0.00000341. The minimum Gasteiger partial charge on any atom is -0.357 e. The average Bonchev–Trinajstić information content (AvgIpc) is 3.30. The first-order valence-corrected chi connectivity index (χ1v) is 11.9. The van der Waals surface area contributed by atoms with Gasteiger partial charge in [0.25, 0.3) is 0 Å². The summed E-state index contributed by atoms with van der Waals surface area (Å²) in [5, 5.41) is 16.2. The normalized spacial score (nSPS) is 11.8. The van der Waals surface area contributed by atoms with Crippen molar-refractivity contribution in [3.63, 3.8) is 0 Å². The molecule has 0 saturated heterocycles. The van der Waals surface area contributed by atoms with Crippen LogP contribution in [0.5, 0.6) is 0 Å². The van der Waals surface area contributed by atoms with Gasteiger partial charge in [-0.05, 0) is 50.6 Å². The van der Waals surface area contributed by atoms with Crippen molar-refractivity contribution in [1.29, 1.82) is 0 Å². The maximum Gasteiger partial charge on any atom is 0.247 e. The highest BCUT2D eigenvalue weighted by atomic mass is 127. The third-order valence-corrected chi connectivity index (χ3v) is 6.85. The highest BCUT2D eigenvalue weighted by Gasteiger charge is 2.12. The second kappa shape index (κ2) is 11.1. The van der Waals surface area contributed by atoms with Gasteiger partial charge in [0.2, 0.25) is 10.0 Å². The van der Waals surface area contributed by atoms with E-state index in [0.717, 1.165) is 38.9 Å². The molecule has 0 aliphatic rings. The van der Waals surface area contributed by atoms with Gasteiger partial charge >= 0.3 is 0 Å². The van der Waals surface area contributed by atoms with E-state index in [1.54, 1.807) is 6.07 Å². The number of aromatic nitrogens is 2. The number of hydrogen-bond donors (Lipinski definition) is 3. The lowest BCUT2D eigenvalue weighted by Crippen LogP contribution is -2.36. The van der Waals surface area contributed by atoms with Gasteiger partial charge in [-0.25, -0.2) is 23.2 Å². The minimum absolute atomic E-state index is 0.